The molecule has 2 N–H and O–H groups in total. The van der Waals surface area contributed by atoms with Crippen LogP contribution in [0.15, 0.2) is 35.3 Å². The normalized spacial score (nSPS) is 13.3. The predicted octanol–water partition coefficient (Wildman–Crippen LogP) is 2.47. The van der Waals surface area contributed by atoms with Crippen LogP contribution in [0.1, 0.15) is 32.3 Å². The fraction of sp³-hybridized carbons (Fsp3) is 0.588. The molecule has 0 amide bonds. The molecule has 1 aromatic rings. The van der Waals surface area contributed by atoms with Gasteiger partial charge in [0.15, 0.2) is 5.96 Å². The van der Waals surface area contributed by atoms with E-state index in [9.17, 15) is 0 Å². The second kappa shape index (κ2) is 10.2. The van der Waals surface area contributed by atoms with Gasteiger partial charge in [0.1, 0.15) is 0 Å². The molecule has 21 heavy (non-hydrogen) atoms. The molecule has 1 aromatic carbocycles. The Morgan fingerprint density at radius 2 is 1.86 bits per heavy atom. The Labute approximate surface area is 129 Å². The number of guanidine groups is 1. The number of rotatable bonds is 8. The summed E-state index contributed by atoms with van der Waals surface area (Å²) in [6, 6.07) is 11.1. The van der Waals surface area contributed by atoms with Crippen LogP contribution in [-0.2, 0) is 6.54 Å². The molecule has 0 heterocycles. The Kier molecular flexibility index (Phi) is 8.51. The second-order valence-corrected chi connectivity index (χ2v) is 5.46. The van der Waals surface area contributed by atoms with Crippen LogP contribution in [0, 0.1) is 0 Å². The molecule has 0 radical (unpaired) electrons. The Morgan fingerprint density at radius 3 is 2.48 bits per heavy atom. The predicted molar refractivity (Wildman–Crippen MR) is 91.6 cm³/mol. The maximum Gasteiger partial charge on any atom is 0.190 e. The van der Waals surface area contributed by atoms with Gasteiger partial charge in [-0.3, -0.25) is 9.89 Å². The number of nitrogens with zero attached hydrogens (tertiary/aromatic N) is 2. The van der Waals surface area contributed by atoms with E-state index in [2.05, 4.69) is 71.8 Å². The van der Waals surface area contributed by atoms with Crippen LogP contribution in [0.3, 0.4) is 0 Å². The Balaban J connectivity index is 2.27. The minimum Gasteiger partial charge on any atom is -0.356 e. The molecular formula is C17H30N4. The van der Waals surface area contributed by atoms with Crippen molar-refractivity contribution < 1.29 is 0 Å². The first-order valence-electron chi connectivity index (χ1n) is 7.86. The smallest absolute Gasteiger partial charge is 0.190 e. The summed E-state index contributed by atoms with van der Waals surface area (Å²) in [4.78, 5) is 6.60. The lowest BCUT2D eigenvalue weighted by Gasteiger charge is -2.25. The molecule has 0 bridgehead atoms. The molecule has 0 saturated heterocycles. The second-order valence-electron chi connectivity index (χ2n) is 5.46. The zero-order valence-electron chi connectivity index (χ0n) is 13.9. The number of aliphatic imine (C=N–C) groups is 1. The van der Waals surface area contributed by atoms with E-state index in [1.807, 2.05) is 7.05 Å². The van der Waals surface area contributed by atoms with Crippen molar-refractivity contribution in [2.75, 3.05) is 27.2 Å². The van der Waals surface area contributed by atoms with Crippen LogP contribution in [0.2, 0.25) is 0 Å². The first kappa shape index (κ1) is 17.5. The first-order chi connectivity index (χ1) is 10.2. The zero-order valence-corrected chi connectivity index (χ0v) is 13.9. The molecule has 1 rings (SSSR count). The van der Waals surface area contributed by atoms with Gasteiger partial charge >= 0.3 is 0 Å². The molecule has 4 nitrogen and oxygen atoms in total. The van der Waals surface area contributed by atoms with E-state index in [4.69, 9.17) is 0 Å². The first-order valence-corrected chi connectivity index (χ1v) is 7.86. The summed E-state index contributed by atoms with van der Waals surface area (Å²) in [7, 11) is 4.00. The van der Waals surface area contributed by atoms with Gasteiger partial charge in [0.25, 0.3) is 0 Å². The van der Waals surface area contributed by atoms with Crippen LogP contribution in [0.25, 0.3) is 0 Å². The third-order valence-electron chi connectivity index (χ3n) is 3.65. The van der Waals surface area contributed by atoms with Gasteiger partial charge in [0.2, 0.25) is 0 Å². The minimum atomic E-state index is 0.530. The molecule has 0 fully saturated rings. The summed E-state index contributed by atoms with van der Waals surface area (Å²) in [6.45, 7) is 7.31. The highest BCUT2D eigenvalue weighted by Gasteiger charge is 2.09. The number of hydrogen-bond donors (Lipinski definition) is 2. The van der Waals surface area contributed by atoms with E-state index in [1.165, 1.54) is 5.56 Å². The van der Waals surface area contributed by atoms with Crippen molar-refractivity contribution in [2.45, 2.75) is 39.3 Å². The van der Waals surface area contributed by atoms with Crippen molar-refractivity contribution in [1.29, 1.82) is 0 Å². The topological polar surface area (TPSA) is 39.7 Å². The van der Waals surface area contributed by atoms with Gasteiger partial charge in [-0.2, -0.15) is 0 Å². The van der Waals surface area contributed by atoms with Gasteiger partial charge in [-0.15, -0.1) is 0 Å². The van der Waals surface area contributed by atoms with E-state index in [0.717, 1.165) is 38.4 Å². The van der Waals surface area contributed by atoms with E-state index < -0.39 is 0 Å². The van der Waals surface area contributed by atoms with E-state index >= 15 is 0 Å². The van der Waals surface area contributed by atoms with Crippen LogP contribution in [-0.4, -0.2) is 44.1 Å². The maximum atomic E-state index is 4.22. The van der Waals surface area contributed by atoms with Gasteiger partial charge in [-0.1, -0.05) is 37.3 Å². The molecule has 1 atom stereocenters. The van der Waals surface area contributed by atoms with Crippen LogP contribution in [0.4, 0.5) is 0 Å². The summed E-state index contributed by atoms with van der Waals surface area (Å²) < 4.78 is 0. The summed E-state index contributed by atoms with van der Waals surface area (Å²) in [6.07, 6.45) is 2.20. The number of nitrogens with one attached hydrogen (secondary N) is 2. The average molecular weight is 290 g/mol. The van der Waals surface area contributed by atoms with Crippen LogP contribution in [0.5, 0.6) is 0 Å². The molecule has 0 aliphatic carbocycles. The minimum absolute atomic E-state index is 0.530. The molecule has 0 aliphatic rings. The molecule has 4 heteroatoms. The fourth-order valence-electron chi connectivity index (χ4n) is 2.11. The zero-order chi connectivity index (χ0) is 15.5. The van der Waals surface area contributed by atoms with Crippen LogP contribution >= 0.6 is 0 Å². The van der Waals surface area contributed by atoms with E-state index in [-0.39, 0.29) is 0 Å². The Morgan fingerprint density at radius 1 is 1.19 bits per heavy atom. The standard InChI is InChI=1S/C17H30N4/c1-5-12-19-17(18-3)20-13-11-15(2)21(4)14-16-9-7-6-8-10-16/h6-10,15H,5,11-14H2,1-4H3,(H2,18,19,20). The van der Waals surface area contributed by atoms with Crippen molar-refractivity contribution >= 4 is 5.96 Å². The lowest BCUT2D eigenvalue weighted by Crippen LogP contribution is -2.40. The van der Waals surface area contributed by atoms with Crippen molar-refractivity contribution in [3.05, 3.63) is 35.9 Å². The van der Waals surface area contributed by atoms with Crippen molar-refractivity contribution in [2.24, 2.45) is 4.99 Å². The number of benzene rings is 1. The highest BCUT2D eigenvalue weighted by atomic mass is 15.2. The van der Waals surface area contributed by atoms with Crippen LogP contribution < -0.4 is 10.6 Å². The SMILES string of the molecule is CCCNC(=NC)NCCC(C)N(C)Cc1ccccc1. The van der Waals surface area contributed by atoms with Gasteiger partial charge in [-0.05, 0) is 32.4 Å². The molecule has 0 aliphatic heterocycles. The van der Waals surface area contributed by atoms with Gasteiger partial charge in [0.05, 0.1) is 0 Å². The highest BCUT2D eigenvalue weighted by molar-refractivity contribution is 5.79. The van der Waals surface area contributed by atoms with E-state index in [1.54, 1.807) is 0 Å². The molecule has 118 valence electrons. The molecular weight excluding hydrogens is 260 g/mol. The third-order valence-corrected chi connectivity index (χ3v) is 3.65. The Bertz CT molecular complexity index is 403. The monoisotopic (exact) mass is 290 g/mol. The maximum absolute atomic E-state index is 4.22. The van der Waals surface area contributed by atoms with Crippen molar-refractivity contribution in [1.82, 2.24) is 15.5 Å². The summed E-state index contributed by atoms with van der Waals surface area (Å²) in [5, 5.41) is 6.65. The number of hydrogen-bond acceptors (Lipinski definition) is 2. The van der Waals surface area contributed by atoms with Gasteiger partial charge < -0.3 is 10.6 Å². The quantitative estimate of drug-likeness (QED) is 0.571. The highest BCUT2D eigenvalue weighted by Crippen LogP contribution is 2.07. The Hall–Kier alpha value is -1.55. The lowest BCUT2D eigenvalue weighted by atomic mass is 10.1. The van der Waals surface area contributed by atoms with Gasteiger partial charge in [-0.25, -0.2) is 0 Å². The molecule has 0 spiro atoms. The van der Waals surface area contributed by atoms with Crippen molar-refractivity contribution in [3.63, 3.8) is 0 Å². The summed E-state index contributed by atoms with van der Waals surface area (Å²) >= 11 is 0. The van der Waals surface area contributed by atoms with Crippen molar-refractivity contribution in [3.8, 4) is 0 Å². The average Bonchev–Trinajstić information content (AvgIpc) is 2.51. The lowest BCUT2D eigenvalue weighted by molar-refractivity contribution is 0.238. The third kappa shape index (κ3) is 7.14. The molecule has 1 unspecified atom stereocenters. The van der Waals surface area contributed by atoms with E-state index in [0.29, 0.717) is 6.04 Å². The summed E-state index contributed by atoms with van der Waals surface area (Å²) in [5.74, 6) is 0.898. The van der Waals surface area contributed by atoms with Gasteiger partial charge in [0, 0.05) is 32.7 Å². The molecule has 0 aromatic heterocycles. The largest absolute Gasteiger partial charge is 0.356 e. The molecule has 0 saturated carbocycles. The fourth-order valence-corrected chi connectivity index (χ4v) is 2.11. The summed E-state index contributed by atoms with van der Waals surface area (Å²) in [5.41, 5.74) is 1.36.